The molecule has 0 radical (unpaired) electrons. The lowest BCUT2D eigenvalue weighted by Crippen LogP contribution is -3.15. The highest BCUT2D eigenvalue weighted by molar-refractivity contribution is 4.86. The van der Waals surface area contributed by atoms with E-state index in [1.807, 2.05) is 0 Å². The van der Waals surface area contributed by atoms with Crippen LogP contribution in [0.5, 0.6) is 0 Å². The van der Waals surface area contributed by atoms with Gasteiger partial charge in [0, 0.05) is 12.3 Å². The first-order chi connectivity index (χ1) is 5.49. The van der Waals surface area contributed by atoms with Crippen molar-refractivity contribution in [2.75, 3.05) is 13.6 Å². The lowest BCUT2D eigenvalue weighted by atomic mass is 9.77. The maximum absolute atomic E-state index is 10.2. The lowest BCUT2D eigenvalue weighted by Gasteiger charge is -2.42. The summed E-state index contributed by atoms with van der Waals surface area (Å²) in [6.07, 6.45) is 1.85. The van der Waals surface area contributed by atoms with E-state index in [1.165, 1.54) is 0 Å². The van der Waals surface area contributed by atoms with Gasteiger partial charge in [-0.05, 0) is 13.3 Å². The molecule has 0 aromatic carbocycles. The molecule has 0 saturated carbocycles. The molecule has 1 aliphatic rings. The molecule has 1 unspecified atom stereocenters. The van der Waals surface area contributed by atoms with E-state index in [1.54, 1.807) is 4.90 Å². The van der Waals surface area contributed by atoms with Crippen molar-refractivity contribution in [1.82, 2.24) is 0 Å². The highest BCUT2D eigenvalue weighted by atomic mass is 16.3. The van der Waals surface area contributed by atoms with E-state index in [0.29, 0.717) is 12.0 Å². The number of piperidine rings is 1. The van der Waals surface area contributed by atoms with Crippen LogP contribution in [0, 0.1) is 5.92 Å². The van der Waals surface area contributed by atoms with E-state index in [4.69, 9.17) is 0 Å². The van der Waals surface area contributed by atoms with E-state index < -0.39 is 0 Å². The fraction of sp³-hybridized carbons (Fsp3) is 1.00. The van der Waals surface area contributed by atoms with Gasteiger partial charge in [0.05, 0.1) is 25.2 Å². The fourth-order valence-corrected chi connectivity index (χ4v) is 2.27. The number of hydrogen-bond acceptors (Lipinski definition) is 1. The van der Waals surface area contributed by atoms with Crippen LogP contribution < -0.4 is 4.90 Å². The SMILES string of the molecule is CC[C@@]1(O)C[C@@H](C)[NH+](C)C[C@@H]1C. The Bertz CT molecular complexity index is 160. The van der Waals surface area contributed by atoms with Gasteiger partial charge in [0.2, 0.25) is 0 Å². The van der Waals surface area contributed by atoms with Crippen LogP contribution in [-0.4, -0.2) is 30.3 Å². The molecule has 0 amide bonds. The molecular weight excluding hydrogens is 150 g/mol. The number of rotatable bonds is 1. The summed E-state index contributed by atoms with van der Waals surface area (Å²) in [4.78, 5) is 1.56. The maximum Gasteiger partial charge on any atom is 0.0872 e. The quantitative estimate of drug-likeness (QED) is 0.575. The van der Waals surface area contributed by atoms with E-state index in [9.17, 15) is 5.11 Å². The topological polar surface area (TPSA) is 24.7 Å². The Kier molecular flexibility index (Phi) is 2.79. The second kappa shape index (κ2) is 3.35. The molecule has 0 aromatic rings. The first-order valence-corrected chi connectivity index (χ1v) is 5.04. The zero-order chi connectivity index (χ0) is 9.35. The number of likely N-dealkylation sites (tertiary alicyclic amines) is 1. The molecule has 4 atom stereocenters. The Hall–Kier alpha value is -0.0800. The predicted molar refractivity (Wildman–Crippen MR) is 50.2 cm³/mol. The smallest absolute Gasteiger partial charge is 0.0872 e. The molecule has 12 heavy (non-hydrogen) atoms. The maximum atomic E-state index is 10.2. The highest BCUT2D eigenvalue weighted by Gasteiger charge is 2.41. The summed E-state index contributed by atoms with van der Waals surface area (Å²) in [6, 6.07) is 0.603. The predicted octanol–water partition coefficient (Wildman–Crippen LogP) is 0.0705. The zero-order valence-electron chi connectivity index (χ0n) is 8.72. The van der Waals surface area contributed by atoms with Gasteiger partial charge in [0.15, 0.2) is 0 Å². The zero-order valence-corrected chi connectivity index (χ0v) is 8.72. The monoisotopic (exact) mass is 172 g/mol. The number of nitrogens with one attached hydrogen (secondary N) is 1. The highest BCUT2D eigenvalue weighted by Crippen LogP contribution is 2.27. The summed E-state index contributed by atoms with van der Waals surface area (Å²) in [5.74, 6) is 0.443. The minimum atomic E-state index is -0.390. The molecule has 1 heterocycles. The number of hydrogen-bond donors (Lipinski definition) is 2. The van der Waals surface area contributed by atoms with Crippen molar-refractivity contribution >= 4 is 0 Å². The second-order valence-corrected chi connectivity index (χ2v) is 4.51. The molecule has 2 heteroatoms. The number of aliphatic hydroxyl groups is 1. The molecule has 1 rings (SSSR count). The Labute approximate surface area is 75.6 Å². The van der Waals surface area contributed by atoms with Crippen molar-refractivity contribution in [2.24, 2.45) is 5.92 Å². The Morgan fingerprint density at radius 3 is 2.58 bits per heavy atom. The van der Waals surface area contributed by atoms with E-state index in [0.717, 1.165) is 19.4 Å². The van der Waals surface area contributed by atoms with Crippen molar-refractivity contribution in [1.29, 1.82) is 0 Å². The van der Waals surface area contributed by atoms with Gasteiger partial charge in [-0.25, -0.2) is 0 Å². The van der Waals surface area contributed by atoms with Crippen molar-refractivity contribution < 1.29 is 10.0 Å². The minimum absolute atomic E-state index is 0.390. The molecule has 1 fully saturated rings. The molecule has 0 spiro atoms. The van der Waals surface area contributed by atoms with Crippen LogP contribution in [0.3, 0.4) is 0 Å². The van der Waals surface area contributed by atoms with Gasteiger partial charge in [-0.3, -0.25) is 0 Å². The van der Waals surface area contributed by atoms with Gasteiger partial charge < -0.3 is 10.0 Å². The van der Waals surface area contributed by atoms with Crippen molar-refractivity contribution in [3.8, 4) is 0 Å². The summed E-state index contributed by atoms with van der Waals surface area (Å²) in [5, 5.41) is 10.2. The van der Waals surface area contributed by atoms with E-state index >= 15 is 0 Å². The normalized spacial score (nSPS) is 49.2. The van der Waals surface area contributed by atoms with Crippen molar-refractivity contribution in [3.05, 3.63) is 0 Å². The largest absolute Gasteiger partial charge is 0.389 e. The third-order valence-corrected chi connectivity index (χ3v) is 3.66. The third kappa shape index (κ3) is 1.64. The van der Waals surface area contributed by atoms with Gasteiger partial charge >= 0.3 is 0 Å². The van der Waals surface area contributed by atoms with Crippen LogP contribution in [-0.2, 0) is 0 Å². The summed E-state index contributed by atoms with van der Waals surface area (Å²) in [6.45, 7) is 7.58. The second-order valence-electron chi connectivity index (χ2n) is 4.51. The molecule has 2 nitrogen and oxygen atoms in total. The van der Waals surface area contributed by atoms with Gasteiger partial charge in [0.25, 0.3) is 0 Å². The van der Waals surface area contributed by atoms with Crippen LogP contribution in [0.15, 0.2) is 0 Å². The standard InChI is InChI=1S/C10H21NO/c1-5-10(12)6-9(3)11(4)7-8(10)2/h8-9,12H,5-7H2,1-4H3/p+1/t8-,9+,10+/m0/s1. The molecular formula is C10H22NO+. The Morgan fingerprint density at radius 1 is 1.50 bits per heavy atom. The molecule has 0 bridgehead atoms. The van der Waals surface area contributed by atoms with Crippen LogP contribution in [0.4, 0.5) is 0 Å². The third-order valence-electron chi connectivity index (χ3n) is 3.66. The minimum Gasteiger partial charge on any atom is -0.389 e. The van der Waals surface area contributed by atoms with Crippen LogP contribution in [0.2, 0.25) is 0 Å². The summed E-state index contributed by atoms with van der Waals surface area (Å²) < 4.78 is 0. The van der Waals surface area contributed by atoms with E-state index in [2.05, 4.69) is 27.8 Å². The molecule has 72 valence electrons. The van der Waals surface area contributed by atoms with Crippen molar-refractivity contribution in [2.45, 2.75) is 45.3 Å². The molecule has 2 N–H and O–H groups in total. The van der Waals surface area contributed by atoms with Crippen LogP contribution >= 0.6 is 0 Å². The Balaban J connectivity index is 2.67. The van der Waals surface area contributed by atoms with Crippen molar-refractivity contribution in [3.63, 3.8) is 0 Å². The summed E-state index contributed by atoms with van der Waals surface area (Å²) >= 11 is 0. The van der Waals surface area contributed by atoms with Crippen LogP contribution in [0.1, 0.15) is 33.6 Å². The van der Waals surface area contributed by atoms with Gasteiger partial charge in [-0.15, -0.1) is 0 Å². The lowest BCUT2D eigenvalue weighted by molar-refractivity contribution is -0.916. The van der Waals surface area contributed by atoms with Crippen LogP contribution in [0.25, 0.3) is 0 Å². The molecule has 1 saturated heterocycles. The first kappa shape index (κ1) is 10.0. The first-order valence-electron chi connectivity index (χ1n) is 5.04. The number of quaternary nitrogens is 1. The average molecular weight is 172 g/mol. The summed E-state index contributed by atoms with van der Waals surface area (Å²) in [7, 11) is 2.22. The molecule has 0 aliphatic carbocycles. The van der Waals surface area contributed by atoms with Gasteiger partial charge in [0.1, 0.15) is 0 Å². The van der Waals surface area contributed by atoms with Gasteiger partial charge in [-0.2, -0.15) is 0 Å². The van der Waals surface area contributed by atoms with Gasteiger partial charge in [-0.1, -0.05) is 13.8 Å². The summed E-state index contributed by atoms with van der Waals surface area (Å²) in [5.41, 5.74) is -0.390. The molecule has 0 aromatic heterocycles. The fourth-order valence-electron chi connectivity index (χ4n) is 2.27. The average Bonchev–Trinajstić information content (AvgIpc) is 2.01. The Morgan fingerprint density at radius 2 is 2.08 bits per heavy atom. The van der Waals surface area contributed by atoms with E-state index in [-0.39, 0.29) is 5.60 Å². The molecule has 1 aliphatic heterocycles.